The van der Waals surface area contributed by atoms with Crippen molar-refractivity contribution in [2.75, 3.05) is 0 Å². The summed E-state index contributed by atoms with van der Waals surface area (Å²) in [5, 5.41) is 0. The fourth-order valence-electron chi connectivity index (χ4n) is 2.91. The van der Waals surface area contributed by atoms with E-state index in [2.05, 4.69) is 27.7 Å². The summed E-state index contributed by atoms with van der Waals surface area (Å²) in [5.41, 5.74) is 7.87. The third-order valence-corrected chi connectivity index (χ3v) is 6.05. The predicted molar refractivity (Wildman–Crippen MR) is 72.3 cm³/mol. The molecule has 0 aromatic carbocycles. The predicted octanol–water partition coefficient (Wildman–Crippen LogP) is 4.74. The summed E-state index contributed by atoms with van der Waals surface area (Å²) in [6.07, 6.45) is 0. The molecular weight excluding hydrogens is 261 g/mol. The van der Waals surface area contributed by atoms with Gasteiger partial charge in [-0.3, -0.25) is 0 Å². The fraction of sp³-hybridized carbons (Fsp3) is 0.667. The average Bonchev–Trinajstić information content (AvgIpc) is 2.37. The van der Waals surface area contributed by atoms with Crippen LogP contribution in [0, 0.1) is 16.7 Å². The highest BCUT2D eigenvalue weighted by atomic mass is 35.5. The smallest absolute Gasteiger partial charge is 0.0991 e. The van der Waals surface area contributed by atoms with Crippen LogP contribution in [-0.2, 0) is 0 Å². The van der Waals surface area contributed by atoms with Crippen molar-refractivity contribution in [3.8, 4) is 0 Å². The van der Waals surface area contributed by atoms with E-state index < -0.39 is 0 Å². The number of rotatable bonds is 2. The molecule has 1 nitrogen and oxygen atoms in total. The first-order valence-electron chi connectivity index (χ1n) is 5.40. The molecule has 1 aliphatic carbocycles. The highest BCUT2D eigenvalue weighted by Crippen LogP contribution is 2.72. The van der Waals surface area contributed by atoms with Gasteiger partial charge in [-0.05, 0) is 22.8 Å². The summed E-state index contributed by atoms with van der Waals surface area (Å²) in [6, 6.07) is 1.89. The molecule has 2 N–H and O–H groups in total. The third kappa shape index (κ3) is 1.62. The largest absolute Gasteiger partial charge is 0.324 e. The molecule has 90 valence electrons. The molecule has 1 atom stereocenters. The molecule has 4 heteroatoms. The Morgan fingerprint density at radius 3 is 2.06 bits per heavy atom. The SMILES string of the molecule is CC1(C)C(C(N)c2cc(Cl)sc2Cl)C1(C)C. The van der Waals surface area contributed by atoms with E-state index in [1.54, 1.807) is 0 Å². The molecule has 2 rings (SSSR count). The van der Waals surface area contributed by atoms with Crippen LogP contribution in [-0.4, -0.2) is 0 Å². The first kappa shape index (κ1) is 12.7. The lowest BCUT2D eigenvalue weighted by Crippen LogP contribution is -2.16. The van der Waals surface area contributed by atoms with Crippen molar-refractivity contribution in [1.82, 2.24) is 0 Å². The maximum atomic E-state index is 6.33. The zero-order valence-electron chi connectivity index (χ0n) is 9.97. The quantitative estimate of drug-likeness (QED) is 0.831. The Bertz CT molecular complexity index is 409. The van der Waals surface area contributed by atoms with E-state index in [0.29, 0.717) is 10.3 Å². The van der Waals surface area contributed by atoms with E-state index in [9.17, 15) is 0 Å². The van der Waals surface area contributed by atoms with Gasteiger partial charge in [-0.15, -0.1) is 11.3 Å². The molecule has 0 bridgehead atoms. The normalized spacial score (nSPS) is 24.4. The van der Waals surface area contributed by atoms with Gasteiger partial charge in [0.15, 0.2) is 0 Å². The van der Waals surface area contributed by atoms with E-state index in [1.165, 1.54) is 11.3 Å². The van der Waals surface area contributed by atoms with Crippen LogP contribution in [0.2, 0.25) is 8.67 Å². The van der Waals surface area contributed by atoms with Crippen molar-refractivity contribution in [1.29, 1.82) is 0 Å². The molecule has 0 amide bonds. The molecule has 1 unspecified atom stereocenters. The van der Waals surface area contributed by atoms with E-state index in [4.69, 9.17) is 28.9 Å². The van der Waals surface area contributed by atoms with Gasteiger partial charge in [0.25, 0.3) is 0 Å². The average molecular weight is 278 g/mol. The summed E-state index contributed by atoms with van der Waals surface area (Å²) in [7, 11) is 0. The van der Waals surface area contributed by atoms with Crippen LogP contribution >= 0.6 is 34.5 Å². The molecule has 1 fully saturated rings. The number of halogens is 2. The minimum Gasteiger partial charge on any atom is -0.324 e. The van der Waals surface area contributed by atoms with Crippen molar-refractivity contribution >= 4 is 34.5 Å². The molecule has 1 aliphatic rings. The Morgan fingerprint density at radius 1 is 1.25 bits per heavy atom. The molecule has 0 radical (unpaired) electrons. The molecule has 1 saturated carbocycles. The van der Waals surface area contributed by atoms with E-state index in [0.717, 1.165) is 9.90 Å². The Balaban J connectivity index is 2.29. The summed E-state index contributed by atoms with van der Waals surface area (Å²) < 4.78 is 1.45. The van der Waals surface area contributed by atoms with Crippen molar-refractivity contribution in [2.45, 2.75) is 33.7 Å². The second-order valence-corrected chi connectivity index (χ2v) is 8.01. The van der Waals surface area contributed by atoms with E-state index >= 15 is 0 Å². The Labute approximate surface area is 111 Å². The van der Waals surface area contributed by atoms with Crippen molar-refractivity contribution in [3.63, 3.8) is 0 Å². The molecular formula is C12H17Cl2NS. The van der Waals surface area contributed by atoms with Crippen molar-refractivity contribution in [3.05, 3.63) is 20.3 Å². The Morgan fingerprint density at radius 2 is 1.75 bits per heavy atom. The van der Waals surface area contributed by atoms with Gasteiger partial charge in [0.2, 0.25) is 0 Å². The highest BCUT2D eigenvalue weighted by Gasteiger charge is 2.66. The van der Waals surface area contributed by atoms with Crippen LogP contribution in [0.15, 0.2) is 6.07 Å². The molecule has 1 aromatic rings. The second kappa shape index (κ2) is 3.61. The van der Waals surface area contributed by atoms with Crippen molar-refractivity contribution in [2.24, 2.45) is 22.5 Å². The zero-order valence-corrected chi connectivity index (χ0v) is 12.3. The first-order valence-corrected chi connectivity index (χ1v) is 6.97. The van der Waals surface area contributed by atoms with Gasteiger partial charge >= 0.3 is 0 Å². The van der Waals surface area contributed by atoms with E-state index in [1.807, 2.05) is 6.07 Å². The molecule has 0 saturated heterocycles. The molecule has 1 heterocycles. The Kier molecular flexibility index (Phi) is 2.87. The van der Waals surface area contributed by atoms with Crippen LogP contribution in [0.25, 0.3) is 0 Å². The van der Waals surface area contributed by atoms with Gasteiger partial charge in [-0.2, -0.15) is 0 Å². The molecule has 0 spiro atoms. The van der Waals surface area contributed by atoms with Crippen LogP contribution in [0.3, 0.4) is 0 Å². The lowest BCUT2D eigenvalue weighted by atomic mass is 10.00. The number of nitrogens with two attached hydrogens (primary N) is 1. The minimum atomic E-state index is -0.0127. The van der Waals surface area contributed by atoms with Gasteiger partial charge in [0, 0.05) is 11.6 Å². The molecule has 1 aromatic heterocycles. The third-order valence-electron chi connectivity index (χ3n) is 4.53. The standard InChI is InChI=1S/C12H17Cl2NS/c1-11(2)9(12(11,3)4)8(15)6-5-7(13)16-10(6)14/h5,8-9H,15H2,1-4H3. The Hall–Kier alpha value is 0.240. The van der Waals surface area contributed by atoms with Gasteiger partial charge in [0.1, 0.15) is 0 Å². The minimum absolute atomic E-state index is 0.0127. The zero-order chi connectivity index (χ0) is 12.3. The number of thiophene rings is 1. The van der Waals surface area contributed by atoms with Crippen molar-refractivity contribution < 1.29 is 0 Å². The van der Waals surface area contributed by atoms with E-state index in [-0.39, 0.29) is 16.9 Å². The summed E-state index contributed by atoms with van der Waals surface area (Å²) >= 11 is 13.5. The lowest BCUT2D eigenvalue weighted by Gasteiger charge is -2.12. The maximum Gasteiger partial charge on any atom is 0.0991 e. The molecule has 0 aliphatic heterocycles. The lowest BCUT2D eigenvalue weighted by molar-refractivity contribution is 0.457. The maximum absolute atomic E-state index is 6.33. The molecule has 16 heavy (non-hydrogen) atoms. The highest BCUT2D eigenvalue weighted by molar-refractivity contribution is 7.20. The number of hydrogen-bond acceptors (Lipinski definition) is 2. The van der Waals surface area contributed by atoms with Gasteiger partial charge in [-0.1, -0.05) is 50.9 Å². The first-order chi connectivity index (χ1) is 7.19. The second-order valence-electron chi connectivity index (χ2n) is 5.73. The van der Waals surface area contributed by atoms with Gasteiger partial charge in [0.05, 0.1) is 8.67 Å². The monoisotopic (exact) mass is 277 g/mol. The van der Waals surface area contributed by atoms with Crippen LogP contribution < -0.4 is 5.73 Å². The summed E-state index contributed by atoms with van der Waals surface area (Å²) in [6.45, 7) is 9.05. The van der Waals surface area contributed by atoms with Crippen LogP contribution in [0.4, 0.5) is 0 Å². The van der Waals surface area contributed by atoms with Crippen LogP contribution in [0.1, 0.15) is 39.3 Å². The van der Waals surface area contributed by atoms with Gasteiger partial charge < -0.3 is 5.73 Å². The summed E-state index contributed by atoms with van der Waals surface area (Å²) in [5.74, 6) is 0.461. The topological polar surface area (TPSA) is 26.0 Å². The van der Waals surface area contributed by atoms with Gasteiger partial charge in [-0.25, -0.2) is 0 Å². The fourth-order valence-corrected chi connectivity index (χ4v) is 4.47. The number of hydrogen-bond donors (Lipinski definition) is 1. The van der Waals surface area contributed by atoms with Crippen LogP contribution in [0.5, 0.6) is 0 Å². The summed E-state index contributed by atoms with van der Waals surface area (Å²) in [4.78, 5) is 0.